The molecule has 0 aromatic heterocycles. The highest BCUT2D eigenvalue weighted by molar-refractivity contribution is 5.74. The minimum atomic E-state index is -0.476. The van der Waals surface area contributed by atoms with E-state index in [9.17, 15) is 4.79 Å². The van der Waals surface area contributed by atoms with Gasteiger partial charge in [0.2, 0.25) is 5.91 Å². The van der Waals surface area contributed by atoms with Crippen molar-refractivity contribution in [1.82, 2.24) is 0 Å². The number of ether oxygens (including phenoxy) is 1. The predicted octanol–water partition coefficient (Wildman–Crippen LogP) is 2.44. The van der Waals surface area contributed by atoms with Crippen LogP contribution in [-0.4, -0.2) is 19.1 Å². The molecule has 0 saturated heterocycles. The summed E-state index contributed by atoms with van der Waals surface area (Å²) < 4.78 is 5.22. The van der Waals surface area contributed by atoms with E-state index in [1.807, 2.05) is 0 Å². The second kappa shape index (κ2) is 7.41. The molecule has 0 aliphatic rings. The first-order valence-corrected chi connectivity index (χ1v) is 7.08. The third-order valence-electron chi connectivity index (χ3n) is 3.34. The van der Waals surface area contributed by atoms with Crippen LogP contribution in [0.5, 0.6) is 0 Å². The Morgan fingerprint density at radius 2 is 1.80 bits per heavy atom. The Kier molecular flexibility index (Phi) is 6.17. The van der Waals surface area contributed by atoms with Gasteiger partial charge >= 0.3 is 0 Å². The average molecular weight is 278 g/mol. The largest absolute Gasteiger partial charge is 0.370 e. The predicted molar refractivity (Wildman–Crippen MR) is 81.6 cm³/mol. The third-order valence-corrected chi connectivity index (χ3v) is 3.34. The van der Waals surface area contributed by atoms with E-state index in [1.54, 1.807) is 0 Å². The molecule has 0 radical (unpaired) electrons. The molecule has 0 spiro atoms. The van der Waals surface area contributed by atoms with E-state index < -0.39 is 5.91 Å². The number of hydrogen-bond donors (Lipinski definition) is 2. The Labute approximate surface area is 121 Å². The van der Waals surface area contributed by atoms with E-state index in [4.69, 9.17) is 16.2 Å². The van der Waals surface area contributed by atoms with Gasteiger partial charge in [0.15, 0.2) is 0 Å². The van der Waals surface area contributed by atoms with E-state index in [0.29, 0.717) is 18.4 Å². The molecule has 0 fully saturated rings. The number of benzene rings is 1. The van der Waals surface area contributed by atoms with E-state index in [1.165, 1.54) is 11.1 Å². The van der Waals surface area contributed by atoms with E-state index >= 15 is 0 Å². The molecule has 1 amide bonds. The zero-order valence-electron chi connectivity index (χ0n) is 12.8. The number of carbonyl (C=O) groups is 1. The molecule has 4 heteroatoms. The first-order valence-electron chi connectivity index (χ1n) is 7.08. The molecule has 1 rings (SSSR count). The highest BCUT2D eigenvalue weighted by Gasteiger charge is 2.15. The van der Waals surface area contributed by atoms with Crippen molar-refractivity contribution in [3.8, 4) is 0 Å². The van der Waals surface area contributed by atoms with Gasteiger partial charge < -0.3 is 16.2 Å². The lowest BCUT2D eigenvalue weighted by Crippen LogP contribution is -2.24. The number of rotatable bonds is 7. The van der Waals surface area contributed by atoms with Crippen LogP contribution in [0.3, 0.4) is 0 Å². The molecule has 1 unspecified atom stereocenters. The van der Waals surface area contributed by atoms with Gasteiger partial charge in [-0.1, -0.05) is 45.9 Å². The molecule has 0 aliphatic carbocycles. The fraction of sp³-hybridized carbons (Fsp3) is 0.562. The van der Waals surface area contributed by atoms with Crippen molar-refractivity contribution in [2.45, 2.75) is 45.6 Å². The van der Waals surface area contributed by atoms with Gasteiger partial charge in [0.25, 0.3) is 0 Å². The van der Waals surface area contributed by atoms with Crippen molar-refractivity contribution < 1.29 is 9.53 Å². The van der Waals surface area contributed by atoms with Crippen LogP contribution in [0.25, 0.3) is 0 Å². The van der Waals surface area contributed by atoms with Gasteiger partial charge in [-0.2, -0.15) is 0 Å². The van der Waals surface area contributed by atoms with Gasteiger partial charge in [-0.25, -0.2) is 0 Å². The van der Waals surface area contributed by atoms with Gasteiger partial charge in [-0.15, -0.1) is 0 Å². The van der Waals surface area contributed by atoms with Crippen LogP contribution in [0.15, 0.2) is 18.2 Å². The molecule has 0 heterocycles. The molecule has 112 valence electrons. The smallest absolute Gasteiger partial charge is 0.243 e. The standard InChI is InChI=1S/C16H26N2O2/c1-10(2)12-5-6-13(14(7-12)11(3)4)15(17)8-20-9-16(18)19/h5-7,10-11,15H,8-9,17H2,1-4H3,(H2,18,19). The maximum atomic E-state index is 10.7. The van der Waals surface area contributed by atoms with Crippen molar-refractivity contribution in [3.05, 3.63) is 34.9 Å². The number of amides is 1. The molecular formula is C16H26N2O2. The maximum Gasteiger partial charge on any atom is 0.243 e. The summed E-state index contributed by atoms with van der Waals surface area (Å²) in [6.45, 7) is 8.86. The average Bonchev–Trinajstić information content (AvgIpc) is 2.37. The summed E-state index contributed by atoms with van der Waals surface area (Å²) in [5.41, 5.74) is 14.8. The summed E-state index contributed by atoms with van der Waals surface area (Å²) in [4.78, 5) is 10.7. The lowest BCUT2D eigenvalue weighted by Gasteiger charge is -2.20. The van der Waals surface area contributed by atoms with Crippen molar-refractivity contribution in [2.75, 3.05) is 13.2 Å². The number of hydrogen-bond acceptors (Lipinski definition) is 3. The molecule has 4 nitrogen and oxygen atoms in total. The van der Waals surface area contributed by atoms with Gasteiger partial charge in [-0.05, 0) is 28.5 Å². The van der Waals surface area contributed by atoms with Crippen molar-refractivity contribution in [3.63, 3.8) is 0 Å². The second-order valence-corrected chi connectivity index (χ2v) is 5.79. The van der Waals surface area contributed by atoms with Crippen LogP contribution in [-0.2, 0) is 9.53 Å². The minimum absolute atomic E-state index is 0.0885. The topological polar surface area (TPSA) is 78.3 Å². The lowest BCUT2D eigenvalue weighted by molar-refractivity contribution is -0.122. The molecule has 0 bridgehead atoms. The third kappa shape index (κ3) is 4.62. The van der Waals surface area contributed by atoms with E-state index in [-0.39, 0.29) is 12.6 Å². The van der Waals surface area contributed by atoms with Crippen LogP contribution in [0, 0.1) is 0 Å². The normalized spacial score (nSPS) is 12.9. The van der Waals surface area contributed by atoms with E-state index in [2.05, 4.69) is 45.9 Å². The maximum absolute atomic E-state index is 10.7. The first kappa shape index (κ1) is 16.7. The van der Waals surface area contributed by atoms with Crippen LogP contribution in [0.1, 0.15) is 62.3 Å². The highest BCUT2D eigenvalue weighted by Crippen LogP contribution is 2.28. The summed E-state index contributed by atoms with van der Waals surface area (Å²) in [5, 5.41) is 0. The Balaban J connectivity index is 2.90. The minimum Gasteiger partial charge on any atom is -0.370 e. The van der Waals surface area contributed by atoms with Gasteiger partial charge in [0.05, 0.1) is 12.6 Å². The highest BCUT2D eigenvalue weighted by atomic mass is 16.5. The molecule has 0 saturated carbocycles. The Morgan fingerprint density at radius 3 is 2.30 bits per heavy atom. The fourth-order valence-electron chi connectivity index (χ4n) is 2.17. The monoisotopic (exact) mass is 278 g/mol. The zero-order chi connectivity index (χ0) is 15.3. The van der Waals surface area contributed by atoms with Crippen LogP contribution < -0.4 is 11.5 Å². The van der Waals surface area contributed by atoms with Gasteiger partial charge in [-0.3, -0.25) is 4.79 Å². The molecule has 0 aliphatic heterocycles. The quantitative estimate of drug-likeness (QED) is 0.804. The summed E-state index contributed by atoms with van der Waals surface area (Å²) >= 11 is 0. The molecule has 1 aromatic carbocycles. The summed E-state index contributed by atoms with van der Waals surface area (Å²) in [7, 11) is 0. The summed E-state index contributed by atoms with van der Waals surface area (Å²) in [6.07, 6.45) is 0. The Morgan fingerprint density at radius 1 is 1.15 bits per heavy atom. The SMILES string of the molecule is CC(C)c1ccc(C(N)COCC(N)=O)c(C(C)C)c1. The van der Waals surface area contributed by atoms with Gasteiger partial charge in [0.1, 0.15) is 6.61 Å². The number of nitrogens with two attached hydrogens (primary N) is 2. The fourth-order valence-corrected chi connectivity index (χ4v) is 2.17. The van der Waals surface area contributed by atoms with Gasteiger partial charge in [0, 0.05) is 0 Å². The second-order valence-electron chi connectivity index (χ2n) is 5.79. The number of primary amides is 1. The molecule has 1 atom stereocenters. The van der Waals surface area contributed by atoms with Crippen LogP contribution in [0.2, 0.25) is 0 Å². The van der Waals surface area contributed by atoms with Crippen molar-refractivity contribution in [2.24, 2.45) is 11.5 Å². The summed E-state index contributed by atoms with van der Waals surface area (Å²) in [5.74, 6) is 0.409. The first-order chi connectivity index (χ1) is 9.32. The van der Waals surface area contributed by atoms with Crippen LogP contribution >= 0.6 is 0 Å². The number of carbonyl (C=O) groups excluding carboxylic acids is 1. The molecule has 4 N–H and O–H groups in total. The zero-order valence-corrected chi connectivity index (χ0v) is 12.8. The lowest BCUT2D eigenvalue weighted by atomic mass is 9.89. The van der Waals surface area contributed by atoms with Crippen molar-refractivity contribution in [1.29, 1.82) is 0 Å². The molecular weight excluding hydrogens is 252 g/mol. The molecule has 1 aromatic rings. The van der Waals surface area contributed by atoms with Crippen LogP contribution in [0.4, 0.5) is 0 Å². The molecule has 20 heavy (non-hydrogen) atoms. The Hall–Kier alpha value is -1.39. The summed E-state index contributed by atoms with van der Waals surface area (Å²) in [6, 6.07) is 6.16. The van der Waals surface area contributed by atoms with Crippen molar-refractivity contribution >= 4 is 5.91 Å². The Bertz CT molecular complexity index is 456. The van der Waals surface area contributed by atoms with E-state index in [0.717, 1.165) is 5.56 Å².